The lowest BCUT2D eigenvalue weighted by atomic mass is 10.1. The lowest BCUT2D eigenvalue weighted by molar-refractivity contribution is 0.129. The summed E-state index contributed by atoms with van der Waals surface area (Å²) in [5.74, 6) is 1.35. The van der Waals surface area contributed by atoms with E-state index in [2.05, 4.69) is 15.6 Å². The summed E-state index contributed by atoms with van der Waals surface area (Å²) in [7, 11) is -1.74. The zero-order valence-electron chi connectivity index (χ0n) is 18.7. The highest BCUT2D eigenvalue weighted by Crippen LogP contribution is 2.29. The molecule has 31 heavy (non-hydrogen) atoms. The molecule has 0 fully saturated rings. The van der Waals surface area contributed by atoms with E-state index in [0.29, 0.717) is 19.0 Å². The van der Waals surface area contributed by atoms with Crippen molar-refractivity contribution in [2.45, 2.75) is 39.3 Å². The second-order valence-electron chi connectivity index (χ2n) is 8.44. The van der Waals surface area contributed by atoms with Crippen LogP contribution in [0.2, 0.25) is 0 Å². The lowest BCUT2D eigenvalue weighted by Gasteiger charge is -2.23. The van der Waals surface area contributed by atoms with Gasteiger partial charge in [-0.1, -0.05) is 36.4 Å². The summed E-state index contributed by atoms with van der Waals surface area (Å²) in [5.41, 5.74) is 2.58. The molecule has 0 amide bonds. The summed E-state index contributed by atoms with van der Waals surface area (Å²) in [6.07, 6.45) is 0.752. The maximum absolute atomic E-state index is 12.8. The highest BCUT2D eigenvalue weighted by Gasteiger charge is 2.28. The average Bonchev–Trinajstić information content (AvgIpc) is 3.15. The van der Waals surface area contributed by atoms with Crippen molar-refractivity contribution < 1.29 is 13.2 Å². The fraction of sp³-hybridized carbons (Fsp3) is 0.435. The predicted octanol–water partition coefficient (Wildman–Crippen LogP) is 2.92. The van der Waals surface area contributed by atoms with Crippen LogP contribution in [0.15, 0.2) is 53.5 Å². The molecule has 0 aromatic heterocycles. The molecule has 2 aromatic rings. The quantitative estimate of drug-likeness (QED) is 0.507. The van der Waals surface area contributed by atoms with Crippen LogP contribution in [0.25, 0.3) is 0 Å². The van der Waals surface area contributed by atoms with E-state index in [1.54, 1.807) is 7.05 Å². The summed E-state index contributed by atoms with van der Waals surface area (Å²) < 4.78 is 33.2. The van der Waals surface area contributed by atoms with Crippen molar-refractivity contribution in [1.29, 1.82) is 0 Å². The number of fused-ring (bicyclic) bond motifs is 1. The van der Waals surface area contributed by atoms with Crippen LogP contribution in [0.4, 0.5) is 5.69 Å². The van der Waals surface area contributed by atoms with Crippen LogP contribution in [-0.4, -0.2) is 45.9 Å². The first-order chi connectivity index (χ1) is 14.7. The molecule has 0 unspecified atom stereocenters. The van der Waals surface area contributed by atoms with Crippen LogP contribution in [-0.2, 0) is 23.0 Å². The third kappa shape index (κ3) is 6.13. The van der Waals surface area contributed by atoms with Gasteiger partial charge in [-0.15, -0.1) is 0 Å². The number of aliphatic imine (C=N–C) groups is 1. The summed E-state index contributed by atoms with van der Waals surface area (Å²) in [6.45, 7) is 7.31. The van der Waals surface area contributed by atoms with E-state index in [0.717, 1.165) is 29.0 Å². The van der Waals surface area contributed by atoms with Crippen LogP contribution >= 0.6 is 0 Å². The zero-order chi connectivity index (χ0) is 22.5. The summed E-state index contributed by atoms with van der Waals surface area (Å²) in [5, 5.41) is 6.34. The number of rotatable bonds is 7. The molecule has 1 heterocycles. The van der Waals surface area contributed by atoms with Gasteiger partial charge in [0.25, 0.3) is 0 Å². The SMILES string of the molecule is CN=C(NCCS(=O)(=O)N1CCc2ccccc21)NCc1ccccc1OC(C)(C)C. The number of benzene rings is 2. The van der Waals surface area contributed by atoms with E-state index in [1.807, 2.05) is 69.3 Å². The number of sulfonamides is 1. The normalized spacial score (nSPS) is 14.3. The molecule has 0 spiro atoms. The van der Waals surface area contributed by atoms with Crippen molar-refractivity contribution in [1.82, 2.24) is 10.6 Å². The number of para-hydroxylation sites is 2. The Morgan fingerprint density at radius 3 is 2.55 bits per heavy atom. The molecule has 7 nitrogen and oxygen atoms in total. The summed E-state index contributed by atoms with van der Waals surface area (Å²) in [6, 6.07) is 15.5. The van der Waals surface area contributed by atoms with E-state index < -0.39 is 10.0 Å². The Hall–Kier alpha value is -2.74. The summed E-state index contributed by atoms with van der Waals surface area (Å²) in [4.78, 5) is 4.21. The molecule has 0 saturated heterocycles. The average molecular weight is 445 g/mol. The fourth-order valence-electron chi connectivity index (χ4n) is 3.48. The highest BCUT2D eigenvalue weighted by atomic mass is 32.2. The minimum atomic E-state index is -3.40. The molecule has 8 heteroatoms. The van der Waals surface area contributed by atoms with Gasteiger partial charge in [0, 0.05) is 32.2 Å². The topological polar surface area (TPSA) is 83.0 Å². The van der Waals surface area contributed by atoms with Crippen molar-refractivity contribution in [2.24, 2.45) is 4.99 Å². The van der Waals surface area contributed by atoms with Gasteiger partial charge in [0.2, 0.25) is 10.0 Å². The van der Waals surface area contributed by atoms with Crippen molar-refractivity contribution in [3.05, 3.63) is 59.7 Å². The third-order valence-corrected chi connectivity index (χ3v) is 6.66. The predicted molar refractivity (Wildman–Crippen MR) is 126 cm³/mol. The number of anilines is 1. The Kier molecular flexibility index (Phi) is 7.10. The van der Waals surface area contributed by atoms with Gasteiger partial charge in [0.15, 0.2) is 5.96 Å². The van der Waals surface area contributed by atoms with Gasteiger partial charge in [-0.3, -0.25) is 9.30 Å². The van der Waals surface area contributed by atoms with Gasteiger partial charge in [-0.25, -0.2) is 8.42 Å². The lowest BCUT2D eigenvalue weighted by Crippen LogP contribution is -2.41. The Morgan fingerprint density at radius 1 is 1.10 bits per heavy atom. The monoisotopic (exact) mass is 444 g/mol. The smallest absolute Gasteiger partial charge is 0.236 e. The van der Waals surface area contributed by atoms with Crippen molar-refractivity contribution in [3.8, 4) is 5.75 Å². The van der Waals surface area contributed by atoms with Crippen LogP contribution in [0.3, 0.4) is 0 Å². The van der Waals surface area contributed by atoms with E-state index in [4.69, 9.17) is 4.74 Å². The zero-order valence-corrected chi connectivity index (χ0v) is 19.5. The van der Waals surface area contributed by atoms with Crippen molar-refractivity contribution >= 4 is 21.7 Å². The maximum Gasteiger partial charge on any atom is 0.236 e. The second-order valence-corrected chi connectivity index (χ2v) is 10.5. The first-order valence-electron chi connectivity index (χ1n) is 10.5. The van der Waals surface area contributed by atoms with Gasteiger partial charge in [-0.05, 0) is 44.9 Å². The maximum atomic E-state index is 12.8. The van der Waals surface area contributed by atoms with Crippen molar-refractivity contribution in [2.75, 3.05) is 30.2 Å². The molecule has 3 rings (SSSR count). The Labute approximate surface area is 185 Å². The third-order valence-electron chi connectivity index (χ3n) is 4.89. The Bertz CT molecular complexity index is 1030. The van der Waals surface area contributed by atoms with Crippen molar-refractivity contribution in [3.63, 3.8) is 0 Å². The number of nitrogens with one attached hydrogen (secondary N) is 2. The van der Waals surface area contributed by atoms with Crippen LogP contribution in [0, 0.1) is 0 Å². The van der Waals surface area contributed by atoms with Gasteiger partial charge >= 0.3 is 0 Å². The first kappa shape index (κ1) is 22.9. The Balaban J connectivity index is 1.54. The number of hydrogen-bond acceptors (Lipinski definition) is 4. The molecule has 0 radical (unpaired) electrons. The molecule has 0 saturated carbocycles. The van der Waals surface area contributed by atoms with Gasteiger partial charge < -0.3 is 15.4 Å². The molecule has 0 atom stereocenters. The van der Waals surface area contributed by atoms with Crippen LogP contribution in [0.1, 0.15) is 31.9 Å². The van der Waals surface area contributed by atoms with Gasteiger partial charge in [-0.2, -0.15) is 0 Å². The van der Waals surface area contributed by atoms with E-state index in [9.17, 15) is 8.42 Å². The molecule has 0 bridgehead atoms. The highest BCUT2D eigenvalue weighted by molar-refractivity contribution is 7.92. The number of ether oxygens (including phenoxy) is 1. The van der Waals surface area contributed by atoms with Crippen LogP contribution in [0.5, 0.6) is 5.75 Å². The van der Waals surface area contributed by atoms with E-state index >= 15 is 0 Å². The number of hydrogen-bond donors (Lipinski definition) is 2. The first-order valence-corrected chi connectivity index (χ1v) is 12.1. The van der Waals surface area contributed by atoms with E-state index in [1.165, 1.54) is 4.31 Å². The second kappa shape index (κ2) is 9.60. The number of nitrogens with zero attached hydrogens (tertiary/aromatic N) is 2. The fourth-order valence-corrected chi connectivity index (χ4v) is 4.91. The standard InChI is InChI=1S/C23H32N4O3S/c1-23(2,3)30-21-12-8-6-10-19(21)17-26-22(24-4)25-14-16-31(28,29)27-15-13-18-9-5-7-11-20(18)27/h5-12H,13-17H2,1-4H3,(H2,24,25,26). The molecule has 2 aromatic carbocycles. The molecule has 1 aliphatic rings. The molecular weight excluding hydrogens is 412 g/mol. The molecule has 2 N–H and O–H groups in total. The van der Waals surface area contributed by atoms with Gasteiger partial charge in [0.05, 0.1) is 11.4 Å². The van der Waals surface area contributed by atoms with Crippen LogP contribution < -0.4 is 19.7 Å². The molecule has 1 aliphatic heterocycles. The summed E-state index contributed by atoms with van der Waals surface area (Å²) >= 11 is 0. The largest absolute Gasteiger partial charge is 0.488 e. The molecular formula is C23H32N4O3S. The molecule has 0 aliphatic carbocycles. The van der Waals surface area contributed by atoms with E-state index in [-0.39, 0.29) is 17.9 Å². The van der Waals surface area contributed by atoms with Gasteiger partial charge in [0.1, 0.15) is 11.4 Å². The number of guanidine groups is 1. The minimum absolute atomic E-state index is 0.00818. The minimum Gasteiger partial charge on any atom is -0.488 e. The molecule has 168 valence electrons. The Morgan fingerprint density at radius 2 is 1.81 bits per heavy atom.